The highest BCUT2D eigenvalue weighted by Gasteiger charge is 2.33. The Labute approximate surface area is 191 Å². The quantitative estimate of drug-likeness (QED) is 0.615. The van der Waals surface area contributed by atoms with E-state index in [1.165, 1.54) is 23.1 Å². The van der Waals surface area contributed by atoms with Crippen molar-refractivity contribution in [2.45, 2.75) is 11.8 Å². The molecular weight excluding hydrogens is 450 g/mol. The van der Waals surface area contributed by atoms with Gasteiger partial charge >= 0.3 is 0 Å². The summed E-state index contributed by atoms with van der Waals surface area (Å²) in [6.07, 6.45) is 0. The number of nitrogens with one attached hydrogen (secondary N) is 1. The van der Waals surface area contributed by atoms with Crippen molar-refractivity contribution in [3.8, 4) is 0 Å². The standard InChI is InChI=1S/C23H20ClN3O4S/c1-16-11-12-17(24)13-21(16)27(32(30,31)18-7-3-2-4-8-18)15-23(29)26-14-22(28)25-19-9-5-6-10-20(19)26/h2-13H,14-15H2,1H3,(H,25,28). The van der Waals surface area contributed by atoms with E-state index < -0.39 is 22.5 Å². The summed E-state index contributed by atoms with van der Waals surface area (Å²) in [7, 11) is -4.09. The number of para-hydroxylation sites is 2. The third-order valence-corrected chi connectivity index (χ3v) is 7.13. The third kappa shape index (κ3) is 4.19. The molecule has 3 aromatic rings. The maximum atomic E-state index is 13.6. The molecule has 0 aliphatic carbocycles. The van der Waals surface area contributed by atoms with Gasteiger partial charge in [0, 0.05) is 5.02 Å². The predicted octanol–water partition coefficient (Wildman–Crippen LogP) is 3.83. The van der Waals surface area contributed by atoms with Gasteiger partial charge in [-0.15, -0.1) is 0 Å². The van der Waals surface area contributed by atoms with Gasteiger partial charge in [-0.1, -0.05) is 48.0 Å². The number of carbonyl (C=O) groups is 2. The number of hydrogen-bond acceptors (Lipinski definition) is 4. The number of anilines is 3. The molecule has 1 aliphatic heterocycles. The van der Waals surface area contributed by atoms with Gasteiger partial charge in [-0.2, -0.15) is 0 Å². The molecule has 0 saturated heterocycles. The van der Waals surface area contributed by atoms with Gasteiger partial charge in [-0.3, -0.25) is 18.8 Å². The molecule has 9 heteroatoms. The Bertz CT molecular complexity index is 1300. The van der Waals surface area contributed by atoms with Gasteiger partial charge in [0.2, 0.25) is 11.8 Å². The van der Waals surface area contributed by atoms with Crippen LogP contribution in [0.5, 0.6) is 0 Å². The summed E-state index contributed by atoms with van der Waals surface area (Å²) >= 11 is 6.16. The molecule has 1 heterocycles. The number of rotatable bonds is 5. The molecule has 0 saturated carbocycles. The summed E-state index contributed by atoms with van der Waals surface area (Å²) in [5.41, 5.74) is 1.94. The maximum absolute atomic E-state index is 13.6. The van der Waals surface area contributed by atoms with Gasteiger partial charge in [0.05, 0.1) is 22.0 Å². The molecule has 0 radical (unpaired) electrons. The van der Waals surface area contributed by atoms with Crippen LogP contribution < -0.4 is 14.5 Å². The number of sulfonamides is 1. The maximum Gasteiger partial charge on any atom is 0.264 e. The fraction of sp³-hybridized carbons (Fsp3) is 0.130. The molecule has 3 aromatic carbocycles. The zero-order valence-corrected chi connectivity index (χ0v) is 18.7. The molecule has 0 atom stereocenters. The van der Waals surface area contributed by atoms with Crippen LogP contribution in [0.15, 0.2) is 77.7 Å². The number of halogens is 1. The Balaban J connectivity index is 1.77. The summed E-state index contributed by atoms with van der Waals surface area (Å²) < 4.78 is 28.2. The number of carbonyl (C=O) groups excluding carboxylic acids is 2. The van der Waals surface area contributed by atoms with Gasteiger partial charge in [0.25, 0.3) is 10.0 Å². The van der Waals surface area contributed by atoms with E-state index in [1.54, 1.807) is 61.5 Å². The average molecular weight is 470 g/mol. The molecular formula is C23H20ClN3O4S. The SMILES string of the molecule is Cc1ccc(Cl)cc1N(CC(=O)N1CC(=O)Nc2ccccc21)S(=O)(=O)c1ccccc1. The second-order valence-corrected chi connectivity index (χ2v) is 9.60. The zero-order valence-electron chi connectivity index (χ0n) is 17.2. The fourth-order valence-electron chi connectivity index (χ4n) is 3.53. The molecule has 164 valence electrons. The minimum Gasteiger partial charge on any atom is -0.323 e. The van der Waals surface area contributed by atoms with Crippen LogP contribution in [-0.2, 0) is 19.6 Å². The van der Waals surface area contributed by atoms with Crippen LogP contribution in [-0.4, -0.2) is 33.3 Å². The number of fused-ring (bicyclic) bond motifs is 1. The summed E-state index contributed by atoms with van der Waals surface area (Å²) in [5.74, 6) is -0.889. The first-order valence-electron chi connectivity index (χ1n) is 9.80. The largest absolute Gasteiger partial charge is 0.323 e. The molecule has 0 fully saturated rings. The van der Waals surface area contributed by atoms with E-state index in [4.69, 9.17) is 11.6 Å². The van der Waals surface area contributed by atoms with E-state index in [0.717, 1.165) is 4.31 Å². The van der Waals surface area contributed by atoms with Crippen LogP contribution in [0.3, 0.4) is 0 Å². The van der Waals surface area contributed by atoms with Crippen molar-refractivity contribution in [3.05, 3.63) is 83.4 Å². The van der Waals surface area contributed by atoms with E-state index in [2.05, 4.69) is 5.32 Å². The molecule has 32 heavy (non-hydrogen) atoms. The minimum absolute atomic E-state index is 0.0453. The van der Waals surface area contributed by atoms with Crippen molar-refractivity contribution in [3.63, 3.8) is 0 Å². The van der Waals surface area contributed by atoms with Crippen molar-refractivity contribution < 1.29 is 18.0 Å². The molecule has 0 spiro atoms. The van der Waals surface area contributed by atoms with Crippen LogP contribution in [0.4, 0.5) is 17.1 Å². The lowest BCUT2D eigenvalue weighted by Gasteiger charge is -2.32. The Morgan fingerprint density at radius 3 is 2.50 bits per heavy atom. The second kappa shape index (κ2) is 8.64. The molecule has 1 aliphatic rings. The van der Waals surface area contributed by atoms with Crippen molar-refractivity contribution >= 4 is 50.5 Å². The summed E-state index contributed by atoms with van der Waals surface area (Å²) in [4.78, 5) is 26.9. The molecule has 2 amide bonds. The number of aryl methyl sites for hydroxylation is 1. The lowest BCUT2D eigenvalue weighted by molar-refractivity contribution is -0.121. The van der Waals surface area contributed by atoms with Crippen molar-refractivity contribution in [2.24, 2.45) is 0 Å². The average Bonchev–Trinajstić information content (AvgIpc) is 2.79. The molecule has 1 N–H and O–H groups in total. The lowest BCUT2D eigenvalue weighted by Crippen LogP contribution is -2.48. The van der Waals surface area contributed by atoms with E-state index in [-0.39, 0.29) is 17.3 Å². The van der Waals surface area contributed by atoms with Crippen LogP contribution in [0.1, 0.15) is 5.56 Å². The summed E-state index contributed by atoms with van der Waals surface area (Å²) in [5, 5.41) is 3.06. The van der Waals surface area contributed by atoms with Gasteiger partial charge in [-0.25, -0.2) is 8.42 Å². The highest BCUT2D eigenvalue weighted by Crippen LogP contribution is 2.32. The van der Waals surface area contributed by atoms with E-state index in [0.29, 0.717) is 27.6 Å². The molecule has 0 bridgehead atoms. The Hall–Kier alpha value is -3.36. The normalized spacial score (nSPS) is 13.3. The van der Waals surface area contributed by atoms with Crippen LogP contribution in [0.2, 0.25) is 5.02 Å². The summed E-state index contributed by atoms with van der Waals surface area (Å²) in [6.45, 7) is 1.04. The fourth-order valence-corrected chi connectivity index (χ4v) is 5.19. The van der Waals surface area contributed by atoms with Crippen LogP contribution in [0, 0.1) is 6.92 Å². The second-order valence-electron chi connectivity index (χ2n) is 7.30. The minimum atomic E-state index is -4.09. The van der Waals surface area contributed by atoms with Crippen molar-refractivity contribution in [2.75, 3.05) is 27.6 Å². The van der Waals surface area contributed by atoms with Crippen LogP contribution in [0.25, 0.3) is 0 Å². The van der Waals surface area contributed by atoms with Gasteiger partial charge in [-0.05, 0) is 48.9 Å². The lowest BCUT2D eigenvalue weighted by atomic mass is 10.2. The first-order chi connectivity index (χ1) is 15.3. The first kappa shape index (κ1) is 21.9. The Kier molecular flexibility index (Phi) is 5.90. The topological polar surface area (TPSA) is 86.8 Å². The first-order valence-corrected chi connectivity index (χ1v) is 11.6. The van der Waals surface area contributed by atoms with E-state index >= 15 is 0 Å². The van der Waals surface area contributed by atoms with E-state index in [1.807, 2.05) is 0 Å². The van der Waals surface area contributed by atoms with Gasteiger partial charge in [0.15, 0.2) is 0 Å². The Morgan fingerprint density at radius 1 is 1.06 bits per heavy atom. The Morgan fingerprint density at radius 2 is 1.75 bits per heavy atom. The van der Waals surface area contributed by atoms with Gasteiger partial charge < -0.3 is 5.32 Å². The highest BCUT2D eigenvalue weighted by molar-refractivity contribution is 7.92. The highest BCUT2D eigenvalue weighted by atomic mass is 35.5. The van der Waals surface area contributed by atoms with Crippen molar-refractivity contribution in [1.29, 1.82) is 0 Å². The predicted molar refractivity (Wildman–Crippen MR) is 125 cm³/mol. The van der Waals surface area contributed by atoms with Crippen LogP contribution >= 0.6 is 11.6 Å². The van der Waals surface area contributed by atoms with Gasteiger partial charge in [0.1, 0.15) is 13.1 Å². The zero-order chi connectivity index (χ0) is 22.9. The molecule has 0 aromatic heterocycles. The molecule has 0 unspecified atom stereocenters. The number of hydrogen-bond donors (Lipinski definition) is 1. The monoisotopic (exact) mass is 469 g/mol. The summed E-state index contributed by atoms with van der Waals surface area (Å²) in [6, 6.07) is 19.6. The molecule has 4 rings (SSSR count). The van der Waals surface area contributed by atoms with Crippen molar-refractivity contribution in [1.82, 2.24) is 0 Å². The number of nitrogens with zero attached hydrogens (tertiary/aromatic N) is 2. The smallest absolute Gasteiger partial charge is 0.264 e. The molecule has 7 nitrogen and oxygen atoms in total. The number of amides is 2. The number of benzene rings is 3. The van der Waals surface area contributed by atoms with E-state index in [9.17, 15) is 18.0 Å². The third-order valence-electron chi connectivity index (χ3n) is 5.12.